The Bertz CT molecular complexity index is 580. The lowest BCUT2D eigenvalue weighted by Gasteiger charge is -2.05. The van der Waals surface area contributed by atoms with Gasteiger partial charge in [0, 0.05) is 18.5 Å². The van der Waals surface area contributed by atoms with E-state index < -0.39 is 11.6 Å². The third-order valence-corrected chi connectivity index (χ3v) is 2.74. The van der Waals surface area contributed by atoms with Crippen LogP contribution in [0.3, 0.4) is 0 Å². The zero-order valence-corrected chi connectivity index (χ0v) is 12.4. The summed E-state index contributed by atoms with van der Waals surface area (Å²) in [6.07, 6.45) is 0.616. The van der Waals surface area contributed by atoms with E-state index in [9.17, 15) is 8.78 Å². The summed E-state index contributed by atoms with van der Waals surface area (Å²) in [4.78, 5) is 4.12. The van der Waals surface area contributed by atoms with Gasteiger partial charge in [-0.2, -0.15) is 4.98 Å². The van der Waals surface area contributed by atoms with Gasteiger partial charge in [-0.1, -0.05) is 5.16 Å². The van der Waals surface area contributed by atoms with Gasteiger partial charge in [-0.15, -0.1) is 12.4 Å². The first kappa shape index (κ1) is 17.3. The lowest BCUT2D eigenvalue weighted by molar-refractivity contribution is 0.233. The predicted octanol–water partition coefficient (Wildman–Crippen LogP) is 2.50. The number of likely N-dealkylation sites (N-methyl/N-ethyl adjacent to an activating group) is 1. The van der Waals surface area contributed by atoms with Gasteiger partial charge in [-0.25, -0.2) is 8.78 Å². The minimum atomic E-state index is -0.770. The number of halogens is 3. The summed E-state index contributed by atoms with van der Waals surface area (Å²) in [7, 11) is 1.84. The van der Waals surface area contributed by atoms with Crippen molar-refractivity contribution in [2.45, 2.75) is 26.0 Å². The molecule has 1 N–H and O–H groups in total. The molecule has 116 valence electrons. The van der Waals surface area contributed by atoms with E-state index >= 15 is 0 Å². The molecule has 0 bridgehead atoms. The van der Waals surface area contributed by atoms with Gasteiger partial charge < -0.3 is 14.6 Å². The van der Waals surface area contributed by atoms with Crippen molar-refractivity contribution < 1.29 is 18.0 Å². The smallest absolute Gasteiger partial charge is 0.264 e. The van der Waals surface area contributed by atoms with Crippen LogP contribution in [0.4, 0.5) is 8.78 Å². The van der Waals surface area contributed by atoms with Crippen molar-refractivity contribution in [2.24, 2.45) is 0 Å². The molecular weight excluding hydrogens is 304 g/mol. The van der Waals surface area contributed by atoms with Gasteiger partial charge in [-0.05, 0) is 26.1 Å². The maximum absolute atomic E-state index is 13.3. The molecule has 0 aliphatic carbocycles. The van der Waals surface area contributed by atoms with Gasteiger partial charge in [-0.3, -0.25) is 0 Å². The third-order valence-electron chi connectivity index (χ3n) is 2.74. The molecule has 2 rings (SSSR count). The first-order valence-electron chi connectivity index (χ1n) is 6.15. The maximum Gasteiger partial charge on any atom is 0.264 e. The highest BCUT2D eigenvalue weighted by Crippen LogP contribution is 2.18. The maximum atomic E-state index is 13.3. The number of nitrogens with zero attached hydrogens (tertiary/aromatic N) is 2. The molecule has 1 unspecified atom stereocenters. The molecule has 0 radical (unpaired) electrons. The van der Waals surface area contributed by atoms with Crippen LogP contribution in [-0.4, -0.2) is 23.2 Å². The standard InChI is InChI=1S/C13H15F2N3O2.ClH/c1-8(16-2)5-12-17-13(20-18-12)7-19-11-4-3-9(14)6-10(11)15;/h3-4,6,8,16H,5,7H2,1-2H3;1H. The number of hydrogen-bond acceptors (Lipinski definition) is 5. The summed E-state index contributed by atoms with van der Waals surface area (Å²) < 4.78 is 36.2. The summed E-state index contributed by atoms with van der Waals surface area (Å²) in [6, 6.07) is 3.30. The normalized spacial score (nSPS) is 11.8. The molecule has 0 saturated carbocycles. The molecule has 0 spiro atoms. The molecular formula is C13H16ClF2N3O2. The molecule has 0 aliphatic heterocycles. The summed E-state index contributed by atoms with van der Waals surface area (Å²) in [5, 5.41) is 6.85. The highest BCUT2D eigenvalue weighted by atomic mass is 35.5. The predicted molar refractivity (Wildman–Crippen MR) is 74.5 cm³/mol. The van der Waals surface area contributed by atoms with Crippen molar-refractivity contribution in [3.63, 3.8) is 0 Å². The van der Waals surface area contributed by atoms with Gasteiger partial charge in [0.2, 0.25) is 0 Å². The average Bonchev–Trinajstić information content (AvgIpc) is 2.85. The largest absolute Gasteiger partial charge is 0.481 e. The molecule has 5 nitrogen and oxygen atoms in total. The second-order valence-corrected chi connectivity index (χ2v) is 4.36. The number of aromatic nitrogens is 2. The van der Waals surface area contributed by atoms with Crippen LogP contribution in [0.15, 0.2) is 22.7 Å². The molecule has 0 aliphatic rings. The Balaban J connectivity index is 0.00000220. The second-order valence-electron chi connectivity index (χ2n) is 4.36. The Labute approximate surface area is 127 Å². The van der Waals surface area contributed by atoms with Crippen LogP contribution < -0.4 is 10.1 Å². The molecule has 2 aromatic rings. The van der Waals surface area contributed by atoms with E-state index in [-0.39, 0.29) is 36.7 Å². The van der Waals surface area contributed by atoms with Crippen LogP contribution in [0.25, 0.3) is 0 Å². The van der Waals surface area contributed by atoms with Crippen molar-refractivity contribution in [1.29, 1.82) is 0 Å². The number of ether oxygens (including phenoxy) is 1. The van der Waals surface area contributed by atoms with Gasteiger partial charge in [0.15, 0.2) is 24.0 Å². The van der Waals surface area contributed by atoms with Crippen LogP contribution in [0.1, 0.15) is 18.6 Å². The fraction of sp³-hybridized carbons (Fsp3) is 0.385. The van der Waals surface area contributed by atoms with Crippen molar-refractivity contribution >= 4 is 12.4 Å². The van der Waals surface area contributed by atoms with E-state index in [1.165, 1.54) is 6.07 Å². The second kappa shape index (κ2) is 7.90. The Morgan fingerprint density at radius 3 is 2.81 bits per heavy atom. The minimum absolute atomic E-state index is 0. The summed E-state index contributed by atoms with van der Waals surface area (Å²) in [5.74, 6) is -0.698. The van der Waals surface area contributed by atoms with E-state index in [1.54, 1.807) is 0 Å². The molecule has 1 aromatic heterocycles. The molecule has 1 heterocycles. The number of nitrogens with one attached hydrogen (secondary N) is 1. The molecule has 1 aromatic carbocycles. The zero-order chi connectivity index (χ0) is 14.5. The molecule has 0 fully saturated rings. The summed E-state index contributed by atoms with van der Waals surface area (Å²) >= 11 is 0. The quantitative estimate of drug-likeness (QED) is 0.886. The molecule has 1 atom stereocenters. The van der Waals surface area contributed by atoms with Gasteiger partial charge >= 0.3 is 0 Å². The molecule has 0 amide bonds. The first-order valence-corrected chi connectivity index (χ1v) is 6.15. The van der Waals surface area contributed by atoms with E-state index in [2.05, 4.69) is 15.5 Å². The number of hydrogen-bond donors (Lipinski definition) is 1. The fourth-order valence-electron chi connectivity index (χ4n) is 1.54. The first-order chi connectivity index (χ1) is 9.58. The van der Waals surface area contributed by atoms with Crippen molar-refractivity contribution in [3.05, 3.63) is 41.5 Å². The minimum Gasteiger partial charge on any atom is -0.481 e. The zero-order valence-electron chi connectivity index (χ0n) is 11.6. The van der Waals surface area contributed by atoms with Crippen molar-refractivity contribution in [2.75, 3.05) is 7.05 Å². The number of rotatable bonds is 6. The van der Waals surface area contributed by atoms with Crippen molar-refractivity contribution in [3.8, 4) is 5.75 Å². The van der Waals surface area contributed by atoms with E-state index in [4.69, 9.17) is 9.26 Å². The highest BCUT2D eigenvalue weighted by Gasteiger charge is 2.11. The Morgan fingerprint density at radius 2 is 2.14 bits per heavy atom. The molecule has 21 heavy (non-hydrogen) atoms. The lowest BCUT2D eigenvalue weighted by Crippen LogP contribution is -2.24. The van der Waals surface area contributed by atoms with Crippen LogP contribution in [0, 0.1) is 11.6 Å². The van der Waals surface area contributed by atoms with E-state index in [0.29, 0.717) is 12.2 Å². The Morgan fingerprint density at radius 1 is 1.38 bits per heavy atom. The van der Waals surface area contributed by atoms with E-state index in [0.717, 1.165) is 12.1 Å². The molecule has 0 saturated heterocycles. The molecule has 8 heteroatoms. The van der Waals surface area contributed by atoms with Crippen LogP contribution in [-0.2, 0) is 13.0 Å². The SMILES string of the molecule is CNC(C)Cc1noc(COc2ccc(F)cc2F)n1.Cl. The van der Waals surface area contributed by atoms with Gasteiger partial charge in [0.05, 0.1) is 0 Å². The highest BCUT2D eigenvalue weighted by molar-refractivity contribution is 5.85. The Kier molecular flexibility index (Phi) is 6.51. The summed E-state index contributed by atoms with van der Waals surface area (Å²) in [6.45, 7) is 1.92. The van der Waals surface area contributed by atoms with Gasteiger partial charge in [0.25, 0.3) is 5.89 Å². The van der Waals surface area contributed by atoms with Crippen molar-refractivity contribution in [1.82, 2.24) is 15.5 Å². The Hall–Kier alpha value is -1.73. The third kappa shape index (κ3) is 4.95. The van der Waals surface area contributed by atoms with E-state index in [1.807, 2.05) is 14.0 Å². The monoisotopic (exact) mass is 319 g/mol. The van der Waals surface area contributed by atoms with Crippen LogP contribution in [0.2, 0.25) is 0 Å². The lowest BCUT2D eigenvalue weighted by atomic mass is 10.2. The summed E-state index contributed by atoms with van der Waals surface area (Å²) in [5.41, 5.74) is 0. The average molecular weight is 320 g/mol. The fourth-order valence-corrected chi connectivity index (χ4v) is 1.54. The topological polar surface area (TPSA) is 60.2 Å². The number of benzene rings is 1. The van der Waals surface area contributed by atoms with Gasteiger partial charge in [0.1, 0.15) is 5.82 Å². The van der Waals surface area contributed by atoms with Crippen LogP contribution in [0.5, 0.6) is 5.75 Å². The van der Waals surface area contributed by atoms with Crippen LogP contribution >= 0.6 is 12.4 Å².